The lowest BCUT2D eigenvalue weighted by Crippen LogP contribution is -2.06. The average Bonchev–Trinajstić information content (AvgIpc) is 2.91. The normalized spacial score (nSPS) is 12.2. The summed E-state index contributed by atoms with van der Waals surface area (Å²) >= 11 is 3.13. The first-order valence-electron chi connectivity index (χ1n) is 6.31. The number of ether oxygens (including phenoxy) is 1. The summed E-state index contributed by atoms with van der Waals surface area (Å²) in [6.07, 6.45) is 0. The van der Waals surface area contributed by atoms with Crippen LogP contribution >= 0.6 is 22.7 Å². The molecular formula is C14H18N2O2S2. The van der Waals surface area contributed by atoms with Gasteiger partial charge in [0.15, 0.2) is 5.13 Å². The van der Waals surface area contributed by atoms with Gasteiger partial charge in [-0.2, -0.15) is 0 Å². The van der Waals surface area contributed by atoms with Crippen LogP contribution in [0.4, 0.5) is 5.13 Å². The molecule has 2 aromatic heterocycles. The van der Waals surface area contributed by atoms with Crippen LogP contribution in [-0.2, 0) is 4.74 Å². The van der Waals surface area contributed by atoms with E-state index in [4.69, 9.17) is 4.74 Å². The monoisotopic (exact) mass is 310 g/mol. The van der Waals surface area contributed by atoms with Crippen molar-refractivity contribution in [3.05, 3.63) is 32.0 Å². The molecule has 0 spiro atoms. The molecule has 0 aromatic carbocycles. The number of methoxy groups -OCH3 is 1. The van der Waals surface area contributed by atoms with Crippen LogP contribution in [0.25, 0.3) is 0 Å². The molecular weight excluding hydrogens is 292 g/mol. The molecule has 2 heterocycles. The quantitative estimate of drug-likeness (QED) is 0.864. The van der Waals surface area contributed by atoms with Gasteiger partial charge in [0.05, 0.1) is 18.8 Å². The van der Waals surface area contributed by atoms with E-state index < -0.39 is 0 Å². The molecule has 0 amide bonds. The molecule has 0 radical (unpaired) electrons. The number of thiazole rings is 1. The summed E-state index contributed by atoms with van der Waals surface area (Å²) in [5.41, 5.74) is 1.98. The number of thiophene rings is 1. The van der Waals surface area contributed by atoms with Gasteiger partial charge in [-0.05, 0) is 39.3 Å². The van der Waals surface area contributed by atoms with Gasteiger partial charge in [0, 0.05) is 9.75 Å². The number of carbonyl (C=O) groups is 1. The van der Waals surface area contributed by atoms with Gasteiger partial charge in [0.2, 0.25) is 0 Å². The fraction of sp³-hybridized carbons (Fsp3) is 0.429. The Balaban J connectivity index is 2.18. The predicted octanol–water partition coefficient (Wildman–Crippen LogP) is 4.09. The predicted molar refractivity (Wildman–Crippen MR) is 84.0 cm³/mol. The third kappa shape index (κ3) is 3.02. The van der Waals surface area contributed by atoms with Crippen LogP contribution in [0.1, 0.15) is 43.6 Å². The Hall–Kier alpha value is -1.40. The zero-order valence-corrected chi connectivity index (χ0v) is 13.9. The van der Waals surface area contributed by atoms with Crippen LogP contribution in [0.5, 0.6) is 0 Å². The van der Waals surface area contributed by atoms with Crippen LogP contribution in [0.15, 0.2) is 6.07 Å². The molecule has 2 aromatic rings. The Morgan fingerprint density at radius 2 is 2.05 bits per heavy atom. The third-order valence-corrected chi connectivity index (χ3v) is 5.10. The minimum Gasteiger partial charge on any atom is -0.465 e. The van der Waals surface area contributed by atoms with E-state index >= 15 is 0 Å². The zero-order valence-electron chi connectivity index (χ0n) is 12.2. The van der Waals surface area contributed by atoms with Gasteiger partial charge in [-0.25, -0.2) is 9.78 Å². The van der Waals surface area contributed by atoms with E-state index in [0.717, 1.165) is 5.13 Å². The van der Waals surface area contributed by atoms with Crippen molar-refractivity contribution in [3.63, 3.8) is 0 Å². The number of rotatable bonds is 4. The summed E-state index contributed by atoms with van der Waals surface area (Å²) in [5, 5.41) is 4.11. The SMILES string of the molecule is COC(=O)c1sc(NC(C)c2cc(C)sc2C)nc1C. The second-order valence-corrected chi connectivity index (χ2v) is 7.12. The maximum atomic E-state index is 11.6. The van der Waals surface area contributed by atoms with Crippen LogP contribution in [0.3, 0.4) is 0 Å². The standard InChI is InChI=1S/C14H18N2O2S2/c1-7-6-11(10(4)19-7)8(2)15-14-16-9(3)12(20-14)13(17)18-5/h6,8H,1-5H3,(H,15,16). The minimum atomic E-state index is -0.330. The van der Waals surface area contributed by atoms with Crippen molar-refractivity contribution in [3.8, 4) is 0 Å². The summed E-state index contributed by atoms with van der Waals surface area (Å²) < 4.78 is 4.75. The van der Waals surface area contributed by atoms with Gasteiger partial charge in [0.1, 0.15) is 4.88 Å². The summed E-state index contributed by atoms with van der Waals surface area (Å²) in [6.45, 7) is 8.15. The van der Waals surface area contributed by atoms with E-state index in [2.05, 4.69) is 37.1 Å². The first-order valence-corrected chi connectivity index (χ1v) is 7.95. The highest BCUT2D eigenvalue weighted by Gasteiger charge is 2.18. The fourth-order valence-electron chi connectivity index (χ4n) is 2.08. The third-order valence-electron chi connectivity index (χ3n) is 3.05. The number of hydrogen-bond donors (Lipinski definition) is 1. The number of esters is 1. The largest absolute Gasteiger partial charge is 0.465 e. The van der Waals surface area contributed by atoms with Gasteiger partial charge in [-0.15, -0.1) is 11.3 Å². The van der Waals surface area contributed by atoms with Crippen molar-refractivity contribution >= 4 is 33.8 Å². The molecule has 1 atom stereocenters. The summed E-state index contributed by atoms with van der Waals surface area (Å²) in [4.78, 5) is 19.1. The van der Waals surface area contributed by atoms with Crippen molar-refractivity contribution in [2.75, 3.05) is 12.4 Å². The maximum absolute atomic E-state index is 11.6. The number of nitrogens with zero attached hydrogens (tertiary/aromatic N) is 1. The Kier molecular flexibility index (Phi) is 4.45. The summed E-state index contributed by atoms with van der Waals surface area (Å²) in [6, 6.07) is 2.36. The molecule has 108 valence electrons. The zero-order chi connectivity index (χ0) is 14.9. The number of hydrogen-bond acceptors (Lipinski definition) is 6. The van der Waals surface area contributed by atoms with E-state index in [1.807, 2.05) is 6.92 Å². The lowest BCUT2D eigenvalue weighted by molar-refractivity contribution is 0.0605. The second-order valence-electron chi connectivity index (χ2n) is 4.66. The van der Waals surface area contributed by atoms with Crippen LogP contribution in [-0.4, -0.2) is 18.1 Å². The Bertz CT molecular complexity index is 631. The molecule has 0 fully saturated rings. The van der Waals surface area contributed by atoms with Gasteiger partial charge in [0.25, 0.3) is 0 Å². The van der Waals surface area contributed by atoms with E-state index in [1.165, 1.54) is 33.8 Å². The lowest BCUT2D eigenvalue weighted by atomic mass is 10.1. The first kappa shape index (κ1) is 15.0. The Morgan fingerprint density at radius 1 is 1.35 bits per heavy atom. The first-order chi connectivity index (χ1) is 9.42. The summed E-state index contributed by atoms with van der Waals surface area (Å²) in [7, 11) is 1.38. The maximum Gasteiger partial charge on any atom is 0.350 e. The molecule has 1 unspecified atom stereocenters. The molecule has 2 rings (SSSR count). The number of nitrogens with one attached hydrogen (secondary N) is 1. The van der Waals surface area contributed by atoms with Crippen LogP contribution in [0, 0.1) is 20.8 Å². The molecule has 6 heteroatoms. The molecule has 1 N–H and O–H groups in total. The smallest absolute Gasteiger partial charge is 0.350 e. The lowest BCUT2D eigenvalue weighted by Gasteiger charge is -2.12. The topological polar surface area (TPSA) is 51.2 Å². The van der Waals surface area contributed by atoms with Crippen molar-refractivity contribution < 1.29 is 9.53 Å². The molecule has 0 aliphatic carbocycles. The van der Waals surface area contributed by atoms with Crippen molar-refractivity contribution in [1.82, 2.24) is 4.98 Å². The van der Waals surface area contributed by atoms with Gasteiger partial charge in [-0.1, -0.05) is 11.3 Å². The number of carbonyl (C=O) groups excluding carboxylic acids is 1. The molecule has 0 aliphatic rings. The summed E-state index contributed by atoms with van der Waals surface area (Å²) in [5.74, 6) is -0.330. The van der Waals surface area contributed by atoms with Gasteiger partial charge in [-0.3, -0.25) is 0 Å². The fourth-order valence-corrected chi connectivity index (χ4v) is 4.08. The molecule has 0 aliphatic heterocycles. The highest BCUT2D eigenvalue weighted by atomic mass is 32.1. The van der Waals surface area contributed by atoms with E-state index in [1.54, 1.807) is 11.3 Å². The Morgan fingerprint density at radius 3 is 2.60 bits per heavy atom. The number of anilines is 1. The van der Waals surface area contributed by atoms with Crippen molar-refractivity contribution in [2.24, 2.45) is 0 Å². The highest BCUT2D eigenvalue weighted by Crippen LogP contribution is 2.31. The Labute approximate surface area is 126 Å². The van der Waals surface area contributed by atoms with Crippen LogP contribution in [0.2, 0.25) is 0 Å². The van der Waals surface area contributed by atoms with E-state index in [-0.39, 0.29) is 12.0 Å². The van der Waals surface area contributed by atoms with E-state index in [0.29, 0.717) is 10.6 Å². The molecule has 4 nitrogen and oxygen atoms in total. The molecule has 20 heavy (non-hydrogen) atoms. The second kappa shape index (κ2) is 5.93. The molecule has 0 saturated heterocycles. The average molecular weight is 310 g/mol. The van der Waals surface area contributed by atoms with Gasteiger partial charge >= 0.3 is 5.97 Å². The highest BCUT2D eigenvalue weighted by molar-refractivity contribution is 7.17. The number of aromatic nitrogens is 1. The molecule has 0 saturated carbocycles. The molecule has 0 bridgehead atoms. The van der Waals surface area contributed by atoms with Crippen LogP contribution < -0.4 is 5.32 Å². The number of aryl methyl sites for hydroxylation is 3. The minimum absolute atomic E-state index is 0.163. The van der Waals surface area contributed by atoms with Crippen molar-refractivity contribution in [2.45, 2.75) is 33.7 Å². The van der Waals surface area contributed by atoms with E-state index in [9.17, 15) is 4.79 Å². The van der Waals surface area contributed by atoms with Crippen molar-refractivity contribution in [1.29, 1.82) is 0 Å². The van der Waals surface area contributed by atoms with Gasteiger partial charge < -0.3 is 10.1 Å².